The van der Waals surface area contributed by atoms with Gasteiger partial charge in [-0.2, -0.15) is 5.10 Å². The number of furan rings is 1. The molecule has 3 heterocycles. The van der Waals surface area contributed by atoms with Crippen LogP contribution in [0, 0.1) is 6.92 Å². The predicted octanol–water partition coefficient (Wildman–Crippen LogP) is 3.76. The molecule has 2 aromatic heterocycles. The van der Waals surface area contributed by atoms with E-state index in [1.807, 2.05) is 19.9 Å². The number of aromatic nitrogens is 2. The van der Waals surface area contributed by atoms with Crippen LogP contribution in [0.15, 0.2) is 40.9 Å². The zero-order valence-electron chi connectivity index (χ0n) is 18.5. The van der Waals surface area contributed by atoms with Gasteiger partial charge in [0.1, 0.15) is 23.8 Å². The quantitative estimate of drug-likeness (QED) is 0.562. The van der Waals surface area contributed by atoms with Crippen LogP contribution in [-0.2, 0) is 17.9 Å². The molecule has 0 spiro atoms. The second-order valence-electron chi connectivity index (χ2n) is 7.55. The first kappa shape index (κ1) is 22.9. The molecule has 2 amide bonds. The molecule has 1 aliphatic rings. The molecule has 174 valence electrons. The Morgan fingerprint density at radius 2 is 2.00 bits per heavy atom. The molecule has 33 heavy (non-hydrogen) atoms. The van der Waals surface area contributed by atoms with Gasteiger partial charge in [-0.3, -0.25) is 14.3 Å². The molecule has 1 aromatic carbocycles. The van der Waals surface area contributed by atoms with Crippen LogP contribution in [0.2, 0.25) is 5.02 Å². The number of carbonyl (C=O) groups is 2. The molecule has 1 N–H and O–H groups in total. The average molecular weight is 473 g/mol. The molecule has 0 saturated carbocycles. The van der Waals surface area contributed by atoms with Crippen molar-refractivity contribution >= 4 is 29.1 Å². The molecule has 9 nitrogen and oxygen atoms in total. The first-order valence-electron chi connectivity index (χ1n) is 10.7. The fourth-order valence-electron chi connectivity index (χ4n) is 3.48. The van der Waals surface area contributed by atoms with Crippen molar-refractivity contribution in [3.05, 3.63) is 64.3 Å². The number of nitrogens with one attached hydrogen (secondary N) is 1. The van der Waals surface area contributed by atoms with E-state index in [1.165, 1.54) is 6.20 Å². The number of anilines is 1. The van der Waals surface area contributed by atoms with Crippen molar-refractivity contribution in [1.29, 1.82) is 0 Å². The summed E-state index contributed by atoms with van der Waals surface area (Å²) in [4.78, 5) is 27.5. The molecule has 0 bridgehead atoms. The van der Waals surface area contributed by atoms with Gasteiger partial charge >= 0.3 is 0 Å². The lowest BCUT2D eigenvalue weighted by Gasteiger charge is -2.27. The Morgan fingerprint density at radius 3 is 2.73 bits per heavy atom. The van der Waals surface area contributed by atoms with E-state index in [1.54, 1.807) is 33.8 Å². The van der Waals surface area contributed by atoms with Gasteiger partial charge < -0.3 is 24.1 Å². The van der Waals surface area contributed by atoms with Crippen LogP contribution >= 0.6 is 11.6 Å². The number of hydrogen-bond acceptors (Lipinski definition) is 6. The van der Waals surface area contributed by atoms with Gasteiger partial charge in [-0.15, -0.1) is 0 Å². The minimum absolute atomic E-state index is 0.106. The fraction of sp³-hybridized carbons (Fsp3) is 0.348. The number of benzene rings is 1. The molecular formula is C23H25ClN4O5. The zero-order chi connectivity index (χ0) is 23.4. The third kappa shape index (κ3) is 5.20. The van der Waals surface area contributed by atoms with Gasteiger partial charge in [-0.05, 0) is 49.7 Å². The summed E-state index contributed by atoms with van der Waals surface area (Å²) in [5.41, 5.74) is 1.58. The summed E-state index contributed by atoms with van der Waals surface area (Å²) in [7, 11) is 0. The average Bonchev–Trinajstić information content (AvgIpc) is 3.47. The van der Waals surface area contributed by atoms with Crippen molar-refractivity contribution in [1.82, 2.24) is 14.7 Å². The van der Waals surface area contributed by atoms with Crippen LogP contribution in [0.5, 0.6) is 5.75 Å². The highest BCUT2D eigenvalue weighted by Gasteiger charge is 2.26. The molecule has 1 saturated heterocycles. The van der Waals surface area contributed by atoms with Crippen molar-refractivity contribution in [2.75, 3.05) is 31.6 Å². The van der Waals surface area contributed by atoms with Crippen molar-refractivity contribution < 1.29 is 23.5 Å². The summed E-state index contributed by atoms with van der Waals surface area (Å²) in [6, 6.07) is 8.60. The Balaban J connectivity index is 1.43. The molecule has 3 aromatic rings. The maximum atomic E-state index is 13.1. The first-order chi connectivity index (χ1) is 16.0. The van der Waals surface area contributed by atoms with E-state index < -0.39 is 5.91 Å². The fourth-order valence-corrected chi connectivity index (χ4v) is 3.60. The van der Waals surface area contributed by atoms with Gasteiger partial charge in [-0.1, -0.05) is 11.6 Å². The predicted molar refractivity (Wildman–Crippen MR) is 122 cm³/mol. The number of nitrogens with zero attached hydrogens (tertiary/aromatic N) is 3. The van der Waals surface area contributed by atoms with E-state index in [0.29, 0.717) is 60.8 Å². The molecule has 1 aliphatic heterocycles. The zero-order valence-corrected chi connectivity index (χ0v) is 19.2. The minimum atomic E-state index is -0.477. The molecule has 10 heteroatoms. The molecule has 0 atom stereocenters. The summed E-state index contributed by atoms with van der Waals surface area (Å²) >= 11 is 6.03. The number of ether oxygens (including phenoxy) is 2. The van der Waals surface area contributed by atoms with E-state index >= 15 is 0 Å². The van der Waals surface area contributed by atoms with Gasteiger partial charge in [0.2, 0.25) is 0 Å². The third-order valence-corrected chi connectivity index (χ3v) is 5.71. The highest BCUT2D eigenvalue weighted by Crippen LogP contribution is 2.23. The van der Waals surface area contributed by atoms with Crippen molar-refractivity contribution in [2.45, 2.75) is 27.0 Å². The number of hydrogen-bond donors (Lipinski definition) is 1. The number of rotatable bonds is 7. The Bertz CT molecular complexity index is 1150. The van der Waals surface area contributed by atoms with Crippen LogP contribution in [0.25, 0.3) is 0 Å². The largest absolute Gasteiger partial charge is 0.486 e. The normalized spacial score (nSPS) is 13.7. The lowest BCUT2D eigenvalue weighted by molar-refractivity contribution is 0.0295. The number of morpholine rings is 1. The van der Waals surface area contributed by atoms with Gasteiger partial charge in [-0.25, -0.2) is 0 Å². The molecule has 0 unspecified atom stereocenters. The Kier molecular flexibility index (Phi) is 7.00. The van der Waals surface area contributed by atoms with Crippen molar-refractivity contribution in [3.8, 4) is 5.75 Å². The Labute approximate surface area is 196 Å². The summed E-state index contributed by atoms with van der Waals surface area (Å²) in [6.07, 6.45) is 1.48. The van der Waals surface area contributed by atoms with Gasteiger partial charge in [0.25, 0.3) is 11.8 Å². The monoisotopic (exact) mass is 472 g/mol. The second-order valence-corrected chi connectivity index (χ2v) is 7.95. The number of amides is 2. The minimum Gasteiger partial charge on any atom is -0.486 e. The maximum absolute atomic E-state index is 13.1. The van der Waals surface area contributed by atoms with Crippen LogP contribution in [0.4, 0.5) is 5.69 Å². The lowest BCUT2D eigenvalue weighted by atomic mass is 10.2. The molecule has 1 fully saturated rings. The summed E-state index contributed by atoms with van der Waals surface area (Å²) < 4.78 is 18.3. The molecule has 0 radical (unpaired) electrons. The smallest absolute Gasteiger partial charge is 0.291 e. The molecule has 0 aliphatic carbocycles. The highest BCUT2D eigenvalue weighted by atomic mass is 35.5. The maximum Gasteiger partial charge on any atom is 0.291 e. The van der Waals surface area contributed by atoms with Gasteiger partial charge in [0.05, 0.1) is 25.1 Å². The lowest BCUT2D eigenvalue weighted by Crippen LogP contribution is -2.41. The summed E-state index contributed by atoms with van der Waals surface area (Å²) in [5, 5.41) is 7.66. The molecular weight excluding hydrogens is 448 g/mol. The number of carbonyl (C=O) groups excluding carboxylic acids is 2. The second kappa shape index (κ2) is 10.1. The van der Waals surface area contributed by atoms with E-state index in [9.17, 15) is 9.59 Å². The Hall–Kier alpha value is -3.30. The van der Waals surface area contributed by atoms with Crippen LogP contribution in [-0.4, -0.2) is 52.8 Å². The summed E-state index contributed by atoms with van der Waals surface area (Å²) in [5.74, 6) is 0.573. The standard InChI is InChI=1S/C23H25ClN4O5/c1-3-28-21(23(30)27-8-10-31-11-9-27)19(13-25-28)26-22(29)20-7-5-17(33-20)14-32-16-4-6-18(24)15(2)12-16/h4-7,12-13H,3,8-11,14H2,1-2H3,(H,26,29). The van der Waals surface area contributed by atoms with Crippen molar-refractivity contribution in [3.63, 3.8) is 0 Å². The number of halogens is 1. The van der Waals surface area contributed by atoms with E-state index in [2.05, 4.69) is 10.4 Å². The third-order valence-electron chi connectivity index (χ3n) is 5.28. The van der Waals surface area contributed by atoms with Crippen LogP contribution in [0.1, 0.15) is 39.3 Å². The van der Waals surface area contributed by atoms with Crippen LogP contribution < -0.4 is 10.1 Å². The molecule has 4 rings (SSSR count). The van der Waals surface area contributed by atoms with Gasteiger partial charge in [0, 0.05) is 24.7 Å². The highest BCUT2D eigenvalue weighted by molar-refractivity contribution is 6.31. The first-order valence-corrected chi connectivity index (χ1v) is 11.1. The number of aryl methyl sites for hydroxylation is 2. The van der Waals surface area contributed by atoms with Crippen molar-refractivity contribution in [2.24, 2.45) is 0 Å². The summed E-state index contributed by atoms with van der Waals surface area (Å²) in [6.45, 7) is 6.39. The Morgan fingerprint density at radius 1 is 1.21 bits per heavy atom. The van der Waals surface area contributed by atoms with E-state index in [-0.39, 0.29) is 18.3 Å². The van der Waals surface area contributed by atoms with E-state index in [4.69, 9.17) is 25.5 Å². The SMILES string of the molecule is CCn1ncc(NC(=O)c2ccc(COc3ccc(Cl)c(C)c3)o2)c1C(=O)N1CCOCC1. The van der Waals surface area contributed by atoms with E-state index in [0.717, 1.165) is 5.56 Å². The van der Waals surface area contributed by atoms with Crippen LogP contribution in [0.3, 0.4) is 0 Å². The topological polar surface area (TPSA) is 98.8 Å². The van der Waals surface area contributed by atoms with Gasteiger partial charge in [0.15, 0.2) is 5.76 Å².